The number of nitrogens with zero attached hydrogens (tertiary/aromatic N) is 1. The van der Waals surface area contributed by atoms with Crippen molar-refractivity contribution in [2.24, 2.45) is 0 Å². The highest BCUT2D eigenvalue weighted by molar-refractivity contribution is 5.95. The fraction of sp³-hybridized carbons (Fsp3) is 0.350. The highest BCUT2D eigenvalue weighted by Crippen LogP contribution is 2.23. The van der Waals surface area contributed by atoms with Crippen LogP contribution in [0.25, 0.3) is 0 Å². The Bertz CT molecular complexity index is 668. The lowest BCUT2D eigenvalue weighted by Gasteiger charge is -2.24. The smallest absolute Gasteiger partial charge is 0.241 e. The maximum atomic E-state index is 12.5. The lowest BCUT2D eigenvalue weighted by molar-refractivity contribution is -0.120. The van der Waals surface area contributed by atoms with Crippen LogP contribution in [0.5, 0.6) is 5.75 Å². The zero-order chi connectivity index (χ0) is 17.5. The minimum atomic E-state index is -0.249. The molecule has 2 aromatic carbocycles. The Kier molecular flexibility index (Phi) is 6.38. The van der Waals surface area contributed by atoms with Gasteiger partial charge in [0.25, 0.3) is 0 Å². The maximum absolute atomic E-state index is 12.5. The Hall–Kier alpha value is -2.33. The van der Waals surface area contributed by atoms with Crippen molar-refractivity contribution in [1.82, 2.24) is 4.90 Å². The van der Waals surface area contributed by atoms with Crippen molar-refractivity contribution < 1.29 is 9.53 Å². The van der Waals surface area contributed by atoms with Gasteiger partial charge in [-0.3, -0.25) is 9.69 Å². The van der Waals surface area contributed by atoms with Crippen LogP contribution in [0.4, 0.5) is 5.69 Å². The van der Waals surface area contributed by atoms with Crippen LogP contribution in [0.2, 0.25) is 0 Å². The number of amides is 1. The Balaban J connectivity index is 1.98. The summed E-state index contributed by atoms with van der Waals surface area (Å²) in [7, 11) is 3.56. The van der Waals surface area contributed by atoms with E-state index in [4.69, 9.17) is 4.74 Å². The van der Waals surface area contributed by atoms with E-state index in [0.29, 0.717) is 11.4 Å². The molecule has 0 radical (unpaired) electrons. The normalized spacial score (nSPS) is 12.0. The highest BCUT2D eigenvalue weighted by atomic mass is 16.5. The third-order valence-electron chi connectivity index (χ3n) is 4.27. The Labute approximate surface area is 144 Å². The molecule has 1 atom stereocenters. The number of carbonyl (C=O) groups is 1. The van der Waals surface area contributed by atoms with E-state index < -0.39 is 0 Å². The summed E-state index contributed by atoms with van der Waals surface area (Å²) < 4.78 is 5.28. The van der Waals surface area contributed by atoms with E-state index in [2.05, 4.69) is 36.5 Å². The molecule has 0 saturated carbocycles. The second-order valence-electron chi connectivity index (χ2n) is 5.95. The van der Waals surface area contributed by atoms with Crippen molar-refractivity contribution in [3.05, 3.63) is 59.7 Å². The lowest BCUT2D eigenvalue weighted by atomic mass is 10.1. The summed E-state index contributed by atoms with van der Waals surface area (Å²) in [6, 6.07) is 15.7. The fourth-order valence-corrected chi connectivity index (χ4v) is 2.49. The predicted molar refractivity (Wildman–Crippen MR) is 98.4 cm³/mol. The van der Waals surface area contributed by atoms with Crippen molar-refractivity contribution in [2.75, 3.05) is 19.5 Å². The summed E-state index contributed by atoms with van der Waals surface area (Å²) in [4.78, 5) is 14.5. The van der Waals surface area contributed by atoms with Gasteiger partial charge in [-0.15, -0.1) is 0 Å². The van der Waals surface area contributed by atoms with Gasteiger partial charge in [-0.05, 0) is 43.7 Å². The number of benzene rings is 2. The van der Waals surface area contributed by atoms with Crippen LogP contribution in [-0.2, 0) is 17.8 Å². The molecule has 0 bridgehead atoms. The Morgan fingerprint density at radius 3 is 2.38 bits per heavy atom. The molecule has 1 N–H and O–H groups in total. The molecule has 128 valence electrons. The summed E-state index contributed by atoms with van der Waals surface area (Å²) in [5.74, 6) is 0.614. The molecule has 4 heteroatoms. The molecule has 2 aromatic rings. The summed E-state index contributed by atoms with van der Waals surface area (Å²) in [6.45, 7) is 4.78. The van der Waals surface area contributed by atoms with Crippen LogP contribution < -0.4 is 10.1 Å². The van der Waals surface area contributed by atoms with Crippen LogP contribution in [0.1, 0.15) is 25.0 Å². The largest absolute Gasteiger partial charge is 0.495 e. The molecule has 0 heterocycles. The molecule has 0 aliphatic carbocycles. The average Bonchev–Trinajstić information content (AvgIpc) is 2.62. The molecule has 0 aliphatic heterocycles. The molecule has 2 rings (SSSR count). The van der Waals surface area contributed by atoms with E-state index in [-0.39, 0.29) is 11.9 Å². The number of nitrogens with one attached hydrogen (secondary N) is 1. The van der Waals surface area contributed by atoms with Crippen LogP contribution in [0.15, 0.2) is 48.5 Å². The molecular formula is C20H26N2O2. The first-order valence-electron chi connectivity index (χ1n) is 8.27. The zero-order valence-corrected chi connectivity index (χ0v) is 14.9. The van der Waals surface area contributed by atoms with E-state index in [9.17, 15) is 4.79 Å². The third-order valence-corrected chi connectivity index (χ3v) is 4.27. The van der Waals surface area contributed by atoms with E-state index in [1.54, 1.807) is 7.11 Å². The molecule has 4 nitrogen and oxygen atoms in total. The minimum Gasteiger partial charge on any atom is -0.495 e. The van der Waals surface area contributed by atoms with Crippen LogP contribution in [0, 0.1) is 0 Å². The molecule has 0 fully saturated rings. The van der Waals surface area contributed by atoms with Crippen LogP contribution in [0.3, 0.4) is 0 Å². The van der Waals surface area contributed by atoms with Gasteiger partial charge in [-0.1, -0.05) is 43.3 Å². The van der Waals surface area contributed by atoms with Gasteiger partial charge in [0.2, 0.25) is 5.91 Å². The van der Waals surface area contributed by atoms with E-state index >= 15 is 0 Å². The second kappa shape index (κ2) is 8.50. The van der Waals surface area contributed by atoms with Gasteiger partial charge in [0.05, 0.1) is 18.8 Å². The number of carbonyl (C=O) groups excluding carboxylic acids is 1. The summed E-state index contributed by atoms with van der Waals surface area (Å²) >= 11 is 0. The SMILES string of the molecule is CCc1ccc(CN(C)C(C)C(=O)Nc2ccccc2OC)cc1. The van der Waals surface area contributed by atoms with Crippen molar-refractivity contribution in [3.63, 3.8) is 0 Å². The van der Waals surface area contributed by atoms with Crippen molar-refractivity contribution in [3.8, 4) is 5.75 Å². The van der Waals surface area contributed by atoms with E-state index in [1.807, 2.05) is 43.1 Å². The Morgan fingerprint density at radius 1 is 1.12 bits per heavy atom. The van der Waals surface area contributed by atoms with E-state index in [0.717, 1.165) is 13.0 Å². The average molecular weight is 326 g/mol. The van der Waals surface area contributed by atoms with Crippen molar-refractivity contribution in [1.29, 1.82) is 0 Å². The van der Waals surface area contributed by atoms with Crippen molar-refractivity contribution >= 4 is 11.6 Å². The number of hydrogen-bond acceptors (Lipinski definition) is 3. The molecule has 1 unspecified atom stereocenters. The van der Waals surface area contributed by atoms with Crippen LogP contribution >= 0.6 is 0 Å². The quantitative estimate of drug-likeness (QED) is 0.843. The van der Waals surface area contributed by atoms with E-state index in [1.165, 1.54) is 11.1 Å². The number of aryl methyl sites for hydroxylation is 1. The molecule has 0 saturated heterocycles. The van der Waals surface area contributed by atoms with Gasteiger partial charge in [-0.2, -0.15) is 0 Å². The van der Waals surface area contributed by atoms with Gasteiger partial charge >= 0.3 is 0 Å². The first kappa shape index (κ1) is 18.0. The molecule has 0 aromatic heterocycles. The molecule has 24 heavy (non-hydrogen) atoms. The number of anilines is 1. The number of para-hydroxylation sites is 2. The van der Waals surface area contributed by atoms with Gasteiger partial charge in [0, 0.05) is 6.54 Å². The third kappa shape index (κ3) is 4.59. The number of hydrogen-bond donors (Lipinski definition) is 1. The minimum absolute atomic E-state index is 0.0489. The zero-order valence-electron chi connectivity index (χ0n) is 14.9. The highest BCUT2D eigenvalue weighted by Gasteiger charge is 2.19. The summed E-state index contributed by atoms with van der Waals surface area (Å²) in [5.41, 5.74) is 3.22. The maximum Gasteiger partial charge on any atom is 0.241 e. The number of rotatable bonds is 7. The Morgan fingerprint density at radius 2 is 1.75 bits per heavy atom. The van der Waals surface area contributed by atoms with Crippen LogP contribution in [-0.4, -0.2) is 31.0 Å². The number of likely N-dealkylation sites (N-methyl/N-ethyl adjacent to an activating group) is 1. The summed E-state index contributed by atoms with van der Waals surface area (Å²) in [5, 5.41) is 2.94. The molecule has 0 aliphatic rings. The summed E-state index contributed by atoms with van der Waals surface area (Å²) in [6.07, 6.45) is 1.04. The first-order chi connectivity index (χ1) is 11.5. The second-order valence-corrected chi connectivity index (χ2v) is 5.95. The number of methoxy groups -OCH3 is 1. The van der Waals surface area contributed by atoms with Gasteiger partial charge in [0.1, 0.15) is 5.75 Å². The molecule has 1 amide bonds. The lowest BCUT2D eigenvalue weighted by Crippen LogP contribution is -2.39. The van der Waals surface area contributed by atoms with Gasteiger partial charge < -0.3 is 10.1 Å². The van der Waals surface area contributed by atoms with Gasteiger partial charge in [0.15, 0.2) is 0 Å². The predicted octanol–water partition coefficient (Wildman–Crippen LogP) is 3.72. The monoisotopic (exact) mass is 326 g/mol. The molecular weight excluding hydrogens is 300 g/mol. The fourth-order valence-electron chi connectivity index (χ4n) is 2.49. The topological polar surface area (TPSA) is 41.6 Å². The van der Waals surface area contributed by atoms with Gasteiger partial charge in [-0.25, -0.2) is 0 Å². The standard InChI is InChI=1S/C20H26N2O2/c1-5-16-10-12-17(13-11-16)14-22(3)15(2)20(23)21-18-8-6-7-9-19(18)24-4/h6-13,15H,5,14H2,1-4H3,(H,21,23). The molecule has 0 spiro atoms. The first-order valence-corrected chi connectivity index (χ1v) is 8.27. The number of ether oxygens (including phenoxy) is 1. The van der Waals surface area contributed by atoms with Crippen molar-refractivity contribution in [2.45, 2.75) is 32.9 Å².